The van der Waals surface area contributed by atoms with Crippen molar-refractivity contribution in [2.45, 2.75) is 25.9 Å². The lowest BCUT2D eigenvalue weighted by atomic mass is 10.1. The minimum Gasteiger partial charge on any atom is -0.379 e. The lowest BCUT2D eigenvalue weighted by Crippen LogP contribution is -2.46. The summed E-state index contributed by atoms with van der Waals surface area (Å²) in [7, 11) is 0. The molecule has 0 radical (unpaired) electrons. The number of aromatic nitrogens is 3. The van der Waals surface area contributed by atoms with Crippen molar-refractivity contribution < 1.29 is 13.5 Å². The summed E-state index contributed by atoms with van der Waals surface area (Å²) in [5.41, 5.74) is 2.98. The molecule has 2 fully saturated rings. The van der Waals surface area contributed by atoms with Gasteiger partial charge in [0.05, 0.1) is 24.4 Å². The fourth-order valence-corrected chi connectivity index (χ4v) is 4.22. The molecule has 1 atom stereocenters. The van der Waals surface area contributed by atoms with E-state index in [-0.39, 0.29) is 6.04 Å². The third-order valence-electron chi connectivity index (χ3n) is 6.02. The second kappa shape index (κ2) is 8.91. The molecule has 0 amide bonds. The van der Waals surface area contributed by atoms with Crippen LogP contribution in [0, 0.1) is 18.6 Å². The maximum atomic E-state index is 14.1. The van der Waals surface area contributed by atoms with Gasteiger partial charge in [0.25, 0.3) is 0 Å². The molecule has 168 valence electrons. The molecule has 9 heteroatoms. The van der Waals surface area contributed by atoms with Crippen LogP contribution in [-0.2, 0) is 11.3 Å². The number of aryl methyl sites for hydroxylation is 1. The second-order valence-corrected chi connectivity index (χ2v) is 8.41. The van der Waals surface area contributed by atoms with Gasteiger partial charge in [-0.1, -0.05) is 6.07 Å². The van der Waals surface area contributed by atoms with Gasteiger partial charge in [0.15, 0.2) is 11.6 Å². The first-order valence-electron chi connectivity index (χ1n) is 10.9. The SMILES string of the molecule is Cc1cc2nc(NC3CCOC3)c(N3CCN(Cc4ccc(F)cc4F)CC3)nc2cn1. The highest BCUT2D eigenvalue weighted by molar-refractivity contribution is 5.80. The van der Waals surface area contributed by atoms with Crippen molar-refractivity contribution in [3.63, 3.8) is 0 Å². The number of piperazine rings is 1. The fraction of sp³-hybridized carbons (Fsp3) is 0.435. The monoisotopic (exact) mass is 440 g/mol. The molecule has 0 aliphatic carbocycles. The third kappa shape index (κ3) is 4.49. The highest BCUT2D eigenvalue weighted by atomic mass is 19.1. The first kappa shape index (κ1) is 21.0. The Kier molecular flexibility index (Phi) is 5.84. The fourth-order valence-electron chi connectivity index (χ4n) is 4.22. The second-order valence-electron chi connectivity index (χ2n) is 8.41. The number of anilines is 2. The predicted molar refractivity (Wildman–Crippen MR) is 119 cm³/mol. The summed E-state index contributed by atoms with van der Waals surface area (Å²) in [6.07, 6.45) is 2.70. The van der Waals surface area contributed by atoms with Gasteiger partial charge in [-0.2, -0.15) is 0 Å². The van der Waals surface area contributed by atoms with Gasteiger partial charge in [0.2, 0.25) is 0 Å². The number of nitrogens with zero attached hydrogens (tertiary/aromatic N) is 5. The Labute approximate surface area is 185 Å². The number of benzene rings is 1. The van der Waals surface area contributed by atoms with Crippen molar-refractivity contribution in [3.8, 4) is 0 Å². The molecule has 2 aliphatic rings. The van der Waals surface area contributed by atoms with Crippen molar-refractivity contribution in [3.05, 3.63) is 53.4 Å². The Hall–Kier alpha value is -2.91. The zero-order valence-electron chi connectivity index (χ0n) is 18.0. The summed E-state index contributed by atoms with van der Waals surface area (Å²) in [6, 6.07) is 5.92. The number of halogens is 2. The van der Waals surface area contributed by atoms with E-state index in [9.17, 15) is 8.78 Å². The summed E-state index contributed by atoms with van der Waals surface area (Å²) < 4.78 is 32.8. The smallest absolute Gasteiger partial charge is 0.172 e. The maximum Gasteiger partial charge on any atom is 0.172 e. The Morgan fingerprint density at radius 3 is 2.69 bits per heavy atom. The van der Waals surface area contributed by atoms with Gasteiger partial charge in [0, 0.05) is 56.7 Å². The first-order valence-corrected chi connectivity index (χ1v) is 10.9. The molecule has 0 bridgehead atoms. The highest BCUT2D eigenvalue weighted by Crippen LogP contribution is 2.28. The lowest BCUT2D eigenvalue weighted by Gasteiger charge is -2.36. The zero-order valence-corrected chi connectivity index (χ0v) is 18.0. The van der Waals surface area contributed by atoms with Crippen LogP contribution >= 0.6 is 0 Å². The Morgan fingerprint density at radius 2 is 1.94 bits per heavy atom. The van der Waals surface area contributed by atoms with Crippen molar-refractivity contribution in [1.29, 1.82) is 0 Å². The molecular weight excluding hydrogens is 414 g/mol. The van der Waals surface area contributed by atoms with Gasteiger partial charge in [-0.25, -0.2) is 18.7 Å². The lowest BCUT2D eigenvalue weighted by molar-refractivity contribution is 0.195. The van der Waals surface area contributed by atoms with Gasteiger partial charge in [-0.05, 0) is 25.5 Å². The summed E-state index contributed by atoms with van der Waals surface area (Å²) in [4.78, 5) is 18.5. The molecule has 4 heterocycles. The van der Waals surface area contributed by atoms with Gasteiger partial charge < -0.3 is 15.0 Å². The molecule has 1 unspecified atom stereocenters. The molecule has 0 saturated carbocycles. The minimum absolute atomic E-state index is 0.214. The molecule has 7 nitrogen and oxygen atoms in total. The van der Waals surface area contributed by atoms with Gasteiger partial charge in [-0.15, -0.1) is 0 Å². The molecule has 2 aliphatic heterocycles. The molecular formula is C23H26F2N6O. The summed E-state index contributed by atoms with van der Waals surface area (Å²) in [5.74, 6) is 0.517. The van der Waals surface area contributed by atoms with Crippen LogP contribution in [0.2, 0.25) is 0 Å². The summed E-state index contributed by atoms with van der Waals surface area (Å²) >= 11 is 0. The average molecular weight is 440 g/mol. The van der Waals surface area contributed by atoms with E-state index in [1.54, 1.807) is 6.20 Å². The van der Waals surface area contributed by atoms with Gasteiger partial charge in [-0.3, -0.25) is 9.88 Å². The molecule has 1 aromatic carbocycles. The molecule has 1 N–H and O–H groups in total. The summed E-state index contributed by atoms with van der Waals surface area (Å²) in [5, 5.41) is 3.52. The standard InChI is InChI=1S/C23H26F2N6O/c1-15-10-20-21(12-26-15)29-23(22(28-20)27-18-4-9-32-14-18)31-7-5-30(6-8-31)13-16-2-3-17(24)11-19(16)25/h2-3,10-12,18H,4-9,13-14H2,1H3,(H,27,28). The van der Waals surface area contributed by atoms with E-state index in [2.05, 4.69) is 20.1 Å². The van der Waals surface area contributed by atoms with Crippen LogP contribution in [0.4, 0.5) is 20.4 Å². The van der Waals surface area contributed by atoms with E-state index < -0.39 is 11.6 Å². The largest absolute Gasteiger partial charge is 0.379 e. The number of nitrogens with one attached hydrogen (secondary N) is 1. The predicted octanol–water partition coefficient (Wildman–Crippen LogP) is 3.13. The molecule has 5 rings (SSSR count). The van der Waals surface area contributed by atoms with Crippen LogP contribution in [0.1, 0.15) is 17.7 Å². The Morgan fingerprint density at radius 1 is 1.09 bits per heavy atom. The third-order valence-corrected chi connectivity index (χ3v) is 6.02. The molecule has 2 saturated heterocycles. The molecule has 2 aromatic heterocycles. The van der Waals surface area contributed by atoms with Gasteiger partial charge in [0.1, 0.15) is 17.2 Å². The normalized spacial score (nSPS) is 19.6. The average Bonchev–Trinajstić information content (AvgIpc) is 3.29. The van der Waals surface area contributed by atoms with E-state index >= 15 is 0 Å². The van der Waals surface area contributed by atoms with E-state index in [0.717, 1.165) is 73.6 Å². The van der Waals surface area contributed by atoms with Crippen LogP contribution in [0.5, 0.6) is 0 Å². The number of hydrogen-bond donors (Lipinski definition) is 1. The number of fused-ring (bicyclic) bond motifs is 1. The topological polar surface area (TPSA) is 66.4 Å². The van der Waals surface area contributed by atoms with Crippen molar-refractivity contribution in [2.24, 2.45) is 0 Å². The van der Waals surface area contributed by atoms with Crippen LogP contribution in [-0.4, -0.2) is 65.3 Å². The van der Waals surface area contributed by atoms with Crippen LogP contribution in [0.25, 0.3) is 11.0 Å². The quantitative estimate of drug-likeness (QED) is 0.654. The molecule has 3 aromatic rings. The maximum absolute atomic E-state index is 14.1. The van der Waals surface area contributed by atoms with Crippen LogP contribution < -0.4 is 10.2 Å². The van der Waals surface area contributed by atoms with E-state index in [0.29, 0.717) is 18.7 Å². The zero-order chi connectivity index (χ0) is 22.1. The number of ether oxygens (including phenoxy) is 1. The Balaban J connectivity index is 1.35. The molecule has 32 heavy (non-hydrogen) atoms. The van der Waals surface area contributed by atoms with E-state index in [1.807, 2.05) is 13.0 Å². The molecule has 0 spiro atoms. The Bertz CT molecular complexity index is 1110. The minimum atomic E-state index is -0.552. The van der Waals surface area contributed by atoms with Gasteiger partial charge >= 0.3 is 0 Å². The first-order chi connectivity index (χ1) is 15.5. The van der Waals surface area contributed by atoms with Crippen molar-refractivity contribution in [2.75, 3.05) is 49.6 Å². The van der Waals surface area contributed by atoms with Crippen LogP contribution in [0.3, 0.4) is 0 Å². The number of pyridine rings is 1. The highest BCUT2D eigenvalue weighted by Gasteiger charge is 2.25. The number of hydrogen-bond acceptors (Lipinski definition) is 7. The van der Waals surface area contributed by atoms with Crippen molar-refractivity contribution >= 4 is 22.7 Å². The summed E-state index contributed by atoms with van der Waals surface area (Å²) in [6.45, 7) is 6.76. The van der Waals surface area contributed by atoms with E-state index in [4.69, 9.17) is 14.7 Å². The van der Waals surface area contributed by atoms with E-state index in [1.165, 1.54) is 12.1 Å². The number of rotatable bonds is 5. The van der Waals surface area contributed by atoms with Crippen LogP contribution in [0.15, 0.2) is 30.5 Å². The van der Waals surface area contributed by atoms with Crippen molar-refractivity contribution in [1.82, 2.24) is 19.9 Å².